The number of aryl methyl sites for hydroxylation is 2. The van der Waals surface area contributed by atoms with E-state index in [1.54, 1.807) is 26.0 Å². The molecule has 0 spiro atoms. The number of halogens is 2. The van der Waals surface area contributed by atoms with Gasteiger partial charge in [-0.15, -0.1) is 0 Å². The van der Waals surface area contributed by atoms with E-state index < -0.39 is 23.0 Å². The molecule has 0 heterocycles. The van der Waals surface area contributed by atoms with Gasteiger partial charge in [0.15, 0.2) is 0 Å². The molecule has 7 heteroatoms. The lowest BCUT2D eigenvalue weighted by atomic mass is 10.1. The second-order valence-electron chi connectivity index (χ2n) is 4.21. The second kappa shape index (κ2) is 6.29. The van der Waals surface area contributed by atoms with Gasteiger partial charge in [0.05, 0.1) is 11.4 Å². The third-order valence-electron chi connectivity index (χ3n) is 2.54. The van der Waals surface area contributed by atoms with E-state index >= 15 is 0 Å². The molecule has 108 valence electrons. The number of alkyl halides is 2. The first-order valence-corrected chi connectivity index (χ1v) is 7.39. The first-order valence-electron chi connectivity index (χ1n) is 5.91. The Balaban J connectivity index is 3.13. The van der Waals surface area contributed by atoms with Crippen molar-refractivity contribution in [1.82, 2.24) is 4.72 Å². The summed E-state index contributed by atoms with van der Waals surface area (Å²) in [6.45, 7) is 5.06. The fraction of sp³-hybridized carbons (Fsp3) is 0.500. The summed E-state index contributed by atoms with van der Waals surface area (Å²) in [6, 6.07) is 3.38. The third-order valence-corrected chi connectivity index (χ3v) is 4.27. The molecule has 0 saturated carbocycles. The van der Waals surface area contributed by atoms with Crippen LogP contribution in [0.4, 0.5) is 14.5 Å². The van der Waals surface area contributed by atoms with Crippen LogP contribution in [0.3, 0.4) is 0 Å². The van der Waals surface area contributed by atoms with Crippen molar-refractivity contribution < 1.29 is 17.2 Å². The Labute approximate surface area is 112 Å². The minimum absolute atomic E-state index is 0.0646. The van der Waals surface area contributed by atoms with Gasteiger partial charge in [-0.25, -0.2) is 21.9 Å². The van der Waals surface area contributed by atoms with Crippen LogP contribution in [-0.2, 0) is 10.0 Å². The van der Waals surface area contributed by atoms with Crippen molar-refractivity contribution in [3.63, 3.8) is 0 Å². The summed E-state index contributed by atoms with van der Waals surface area (Å²) in [7, 11) is -3.91. The average Bonchev–Trinajstić information content (AvgIpc) is 2.25. The van der Waals surface area contributed by atoms with E-state index in [1.807, 2.05) is 11.6 Å². The lowest BCUT2D eigenvalue weighted by molar-refractivity contribution is 0.153. The largest absolute Gasteiger partial charge is 0.385 e. The molecular formula is C12H18F2N2O2S. The van der Waals surface area contributed by atoms with Crippen LogP contribution in [0.5, 0.6) is 0 Å². The summed E-state index contributed by atoms with van der Waals surface area (Å²) < 4.78 is 50.1. The number of hydrogen-bond acceptors (Lipinski definition) is 3. The zero-order valence-corrected chi connectivity index (χ0v) is 11.9. The Morgan fingerprint density at radius 1 is 1.21 bits per heavy atom. The molecule has 19 heavy (non-hydrogen) atoms. The molecule has 0 bridgehead atoms. The van der Waals surface area contributed by atoms with Gasteiger partial charge < -0.3 is 5.32 Å². The first-order chi connectivity index (χ1) is 8.77. The minimum Gasteiger partial charge on any atom is -0.385 e. The summed E-state index contributed by atoms with van der Waals surface area (Å²) >= 11 is 0. The third kappa shape index (κ3) is 4.14. The summed E-state index contributed by atoms with van der Waals surface area (Å²) in [5, 5.41) is 3.08. The maximum atomic E-state index is 12.1. The summed E-state index contributed by atoms with van der Waals surface area (Å²) in [6.07, 6.45) is -2.71. The maximum Gasteiger partial charge on any atom is 0.251 e. The van der Waals surface area contributed by atoms with Crippen molar-refractivity contribution in [3.8, 4) is 0 Å². The van der Waals surface area contributed by atoms with Crippen molar-refractivity contribution in [1.29, 1.82) is 0 Å². The Morgan fingerprint density at radius 2 is 1.74 bits per heavy atom. The lowest BCUT2D eigenvalue weighted by Gasteiger charge is -2.14. The van der Waals surface area contributed by atoms with Crippen LogP contribution >= 0.6 is 0 Å². The molecule has 1 aromatic rings. The highest BCUT2D eigenvalue weighted by atomic mass is 32.2. The molecule has 0 saturated heterocycles. The molecule has 0 unspecified atom stereocenters. The summed E-state index contributed by atoms with van der Waals surface area (Å²) in [4.78, 5) is 0.0646. The van der Waals surface area contributed by atoms with Gasteiger partial charge in [-0.1, -0.05) is 0 Å². The molecule has 0 aliphatic rings. The number of hydrogen-bond donors (Lipinski definition) is 2. The van der Waals surface area contributed by atoms with Gasteiger partial charge in [0, 0.05) is 12.2 Å². The van der Waals surface area contributed by atoms with Gasteiger partial charge in [-0.05, 0) is 44.0 Å². The molecule has 1 rings (SSSR count). The molecule has 2 N–H and O–H groups in total. The SMILES string of the molecule is CCNc1cc(C)c(S(=O)(=O)NCC(F)F)c(C)c1. The molecule has 1 aromatic carbocycles. The number of anilines is 1. The van der Waals surface area contributed by atoms with Crippen molar-refractivity contribution in [2.75, 3.05) is 18.4 Å². The predicted molar refractivity (Wildman–Crippen MR) is 71.3 cm³/mol. The van der Waals surface area contributed by atoms with Crippen LogP contribution < -0.4 is 10.0 Å². The zero-order valence-electron chi connectivity index (χ0n) is 11.1. The van der Waals surface area contributed by atoms with Crippen LogP contribution in [0.15, 0.2) is 17.0 Å². The van der Waals surface area contributed by atoms with Crippen LogP contribution in [0.2, 0.25) is 0 Å². The van der Waals surface area contributed by atoms with E-state index in [1.165, 1.54) is 0 Å². The van der Waals surface area contributed by atoms with E-state index in [9.17, 15) is 17.2 Å². The Morgan fingerprint density at radius 3 is 2.16 bits per heavy atom. The zero-order chi connectivity index (χ0) is 14.6. The van der Waals surface area contributed by atoms with Gasteiger partial charge in [-0.3, -0.25) is 0 Å². The van der Waals surface area contributed by atoms with E-state index in [4.69, 9.17) is 0 Å². The highest BCUT2D eigenvalue weighted by molar-refractivity contribution is 7.89. The van der Waals surface area contributed by atoms with Crippen molar-refractivity contribution in [2.24, 2.45) is 0 Å². The van der Waals surface area contributed by atoms with Crippen LogP contribution in [0.1, 0.15) is 18.1 Å². The van der Waals surface area contributed by atoms with Crippen molar-refractivity contribution in [3.05, 3.63) is 23.3 Å². The fourth-order valence-corrected chi connectivity index (χ4v) is 3.38. The molecule has 0 aliphatic carbocycles. The molecular weight excluding hydrogens is 274 g/mol. The average molecular weight is 292 g/mol. The standard InChI is InChI=1S/C12H18F2N2O2S/c1-4-15-10-5-8(2)12(9(3)6-10)19(17,18)16-7-11(13)14/h5-6,11,15-16H,4,7H2,1-3H3. The highest BCUT2D eigenvalue weighted by Gasteiger charge is 2.21. The Hall–Kier alpha value is -1.21. The predicted octanol–water partition coefficient (Wildman–Crippen LogP) is 2.28. The summed E-state index contributed by atoms with van der Waals surface area (Å²) in [5.74, 6) is 0. The summed E-state index contributed by atoms with van der Waals surface area (Å²) in [5.41, 5.74) is 1.86. The van der Waals surface area contributed by atoms with Crippen molar-refractivity contribution >= 4 is 15.7 Å². The number of benzene rings is 1. The van der Waals surface area contributed by atoms with Crippen molar-refractivity contribution in [2.45, 2.75) is 32.1 Å². The Bertz CT molecular complexity index is 522. The van der Waals surface area contributed by atoms with Gasteiger partial charge in [0.2, 0.25) is 10.0 Å². The minimum atomic E-state index is -3.91. The highest BCUT2D eigenvalue weighted by Crippen LogP contribution is 2.24. The molecule has 4 nitrogen and oxygen atoms in total. The number of rotatable bonds is 6. The second-order valence-corrected chi connectivity index (χ2v) is 5.92. The number of nitrogens with one attached hydrogen (secondary N) is 2. The van der Waals surface area contributed by atoms with Crippen LogP contribution in [-0.4, -0.2) is 27.9 Å². The molecule has 0 fully saturated rings. The van der Waals surface area contributed by atoms with Crippen LogP contribution in [0, 0.1) is 13.8 Å². The normalized spacial score (nSPS) is 11.9. The van der Waals surface area contributed by atoms with Crippen LogP contribution in [0.25, 0.3) is 0 Å². The fourth-order valence-electron chi connectivity index (χ4n) is 1.93. The van der Waals surface area contributed by atoms with Gasteiger partial charge in [0.25, 0.3) is 6.43 Å². The Kier molecular flexibility index (Phi) is 5.25. The first kappa shape index (κ1) is 15.8. The maximum absolute atomic E-state index is 12.1. The molecule has 0 aromatic heterocycles. The smallest absolute Gasteiger partial charge is 0.251 e. The molecule has 0 atom stereocenters. The quantitative estimate of drug-likeness (QED) is 0.845. The van der Waals surface area contributed by atoms with E-state index in [-0.39, 0.29) is 4.90 Å². The molecule has 0 aliphatic heterocycles. The van der Waals surface area contributed by atoms with E-state index in [0.29, 0.717) is 17.7 Å². The number of sulfonamides is 1. The molecule has 0 amide bonds. The topological polar surface area (TPSA) is 58.2 Å². The van der Waals surface area contributed by atoms with Gasteiger partial charge in [-0.2, -0.15) is 0 Å². The monoisotopic (exact) mass is 292 g/mol. The van der Waals surface area contributed by atoms with Gasteiger partial charge >= 0.3 is 0 Å². The molecule has 0 radical (unpaired) electrons. The van der Waals surface area contributed by atoms with E-state index in [2.05, 4.69) is 5.32 Å². The van der Waals surface area contributed by atoms with Gasteiger partial charge in [0.1, 0.15) is 0 Å². The lowest BCUT2D eigenvalue weighted by Crippen LogP contribution is -2.29. The van der Waals surface area contributed by atoms with E-state index in [0.717, 1.165) is 5.69 Å².